The van der Waals surface area contributed by atoms with E-state index in [4.69, 9.17) is 9.47 Å². The lowest BCUT2D eigenvalue weighted by Crippen LogP contribution is -1.92. The smallest absolute Gasteiger partial charge is 0.122 e. The highest BCUT2D eigenvalue weighted by Gasteiger charge is 2.02. The van der Waals surface area contributed by atoms with E-state index in [1.165, 1.54) is 89.0 Å². The molecule has 1 aromatic carbocycles. The highest BCUT2D eigenvalue weighted by molar-refractivity contribution is 5.38. The predicted molar refractivity (Wildman–Crippen MR) is 118 cm³/mol. The Bertz CT molecular complexity index is 471. The van der Waals surface area contributed by atoms with Gasteiger partial charge in [0.25, 0.3) is 0 Å². The zero-order valence-electron chi connectivity index (χ0n) is 18.1. The van der Waals surface area contributed by atoms with E-state index in [2.05, 4.69) is 31.2 Å². The molecule has 0 saturated heterocycles. The molecule has 0 aliphatic rings. The van der Waals surface area contributed by atoms with Gasteiger partial charge in [-0.1, -0.05) is 70.4 Å². The maximum absolute atomic E-state index is 5.34. The maximum atomic E-state index is 5.34. The standard InChI is InChI=1S/C25H42O2/c1-4-5-6-7-8-9-10-11-12-13-14-15-16-17-18-19-23-20-24(26-2)22-25(21-23)27-3/h9-10,20-22H,4-8,11-19H2,1-3H3. The minimum atomic E-state index is 0.888. The Balaban J connectivity index is 1.95. The van der Waals surface area contributed by atoms with Crippen molar-refractivity contribution < 1.29 is 9.47 Å². The van der Waals surface area contributed by atoms with Crippen LogP contribution in [0.25, 0.3) is 0 Å². The van der Waals surface area contributed by atoms with Gasteiger partial charge in [0.15, 0.2) is 0 Å². The Morgan fingerprint density at radius 3 is 1.63 bits per heavy atom. The van der Waals surface area contributed by atoms with Crippen molar-refractivity contribution in [3.05, 3.63) is 35.9 Å². The van der Waals surface area contributed by atoms with Crippen molar-refractivity contribution >= 4 is 0 Å². The Kier molecular flexibility index (Phi) is 14.6. The second kappa shape index (κ2) is 16.7. The fraction of sp³-hybridized carbons (Fsp3) is 0.680. The quantitative estimate of drug-likeness (QED) is 0.204. The molecule has 0 aliphatic carbocycles. The average molecular weight is 375 g/mol. The fourth-order valence-corrected chi connectivity index (χ4v) is 3.41. The largest absolute Gasteiger partial charge is 0.497 e. The van der Waals surface area contributed by atoms with Crippen LogP contribution in [-0.4, -0.2) is 14.2 Å². The van der Waals surface area contributed by atoms with Gasteiger partial charge < -0.3 is 9.47 Å². The molecule has 154 valence electrons. The summed E-state index contributed by atoms with van der Waals surface area (Å²) in [5.41, 5.74) is 1.31. The first kappa shape index (κ1) is 23.6. The molecular formula is C25H42O2. The van der Waals surface area contributed by atoms with Gasteiger partial charge in [-0.15, -0.1) is 0 Å². The average Bonchev–Trinajstić information content (AvgIpc) is 2.70. The van der Waals surface area contributed by atoms with Gasteiger partial charge in [-0.05, 0) is 56.2 Å². The number of benzene rings is 1. The van der Waals surface area contributed by atoms with E-state index in [0.717, 1.165) is 17.9 Å². The summed E-state index contributed by atoms with van der Waals surface area (Å²) in [6.07, 6.45) is 23.4. The number of methoxy groups -OCH3 is 2. The summed E-state index contributed by atoms with van der Waals surface area (Å²) in [5, 5.41) is 0. The van der Waals surface area contributed by atoms with Crippen LogP contribution in [0.15, 0.2) is 30.4 Å². The molecule has 0 fully saturated rings. The molecule has 0 aliphatic heterocycles. The summed E-state index contributed by atoms with van der Waals surface area (Å²) in [5.74, 6) is 1.78. The molecule has 2 nitrogen and oxygen atoms in total. The topological polar surface area (TPSA) is 18.5 Å². The van der Waals surface area contributed by atoms with Gasteiger partial charge in [-0.2, -0.15) is 0 Å². The molecule has 2 heteroatoms. The van der Waals surface area contributed by atoms with E-state index in [0.29, 0.717) is 0 Å². The van der Waals surface area contributed by atoms with Gasteiger partial charge in [0, 0.05) is 6.07 Å². The Hall–Kier alpha value is -1.44. The van der Waals surface area contributed by atoms with Crippen molar-refractivity contribution in [3.63, 3.8) is 0 Å². The van der Waals surface area contributed by atoms with Crippen LogP contribution < -0.4 is 9.47 Å². The zero-order valence-corrected chi connectivity index (χ0v) is 18.1. The van der Waals surface area contributed by atoms with Crippen LogP contribution in [0.4, 0.5) is 0 Å². The Morgan fingerprint density at radius 2 is 1.11 bits per heavy atom. The number of hydrogen-bond acceptors (Lipinski definition) is 2. The third kappa shape index (κ3) is 12.5. The fourth-order valence-electron chi connectivity index (χ4n) is 3.41. The van der Waals surface area contributed by atoms with Crippen molar-refractivity contribution in [2.75, 3.05) is 14.2 Å². The number of hydrogen-bond donors (Lipinski definition) is 0. The summed E-state index contributed by atoms with van der Waals surface area (Å²) in [7, 11) is 3.42. The summed E-state index contributed by atoms with van der Waals surface area (Å²) in [6.45, 7) is 2.27. The molecule has 0 saturated carbocycles. The zero-order chi connectivity index (χ0) is 19.6. The predicted octanol–water partition coefficient (Wildman–Crippen LogP) is 7.89. The minimum Gasteiger partial charge on any atom is -0.497 e. The van der Waals surface area contributed by atoms with Crippen LogP contribution in [0.5, 0.6) is 11.5 Å². The van der Waals surface area contributed by atoms with Crippen molar-refractivity contribution in [2.24, 2.45) is 0 Å². The summed E-state index contributed by atoms with van der Waals surface area (Å²) >= 11 is 0. The Labute approximate surface area is 168 Å². The van der Waals surface area contributed by atoms with Gasteiger partial charge in [0.1, 0.15) is 11.5 Å². The molecular weight excluding hydrogens is 332 g/mol. The first-order valence-electron chi connectivity index (χ1n) is 11.2. The van der Waals surface area contributed by atoms with E-state index in [-0.39, 0.29) is 0 Å². The van der Waals surface area contributed by atoms with Crippen molar-refractivity contribution in [1.29, 1.82) is 0 Å². The van der Waals surface area contributed by atoms with Crippen LogP contribution in [0.2, 0.25) is 0 Å². The van der Waals surface area contributed by atoms with Gasteiger partial charge in [-0.3, -0.25) is 0 Å². The highest BCUT2D eigenvalue weighted by Crippen LogP contribution is 2.23. The van der Waals surface area contributed by atoms with Crippen LogP contribution in [0.3, 0.4) is 0 Å². The van der Waals surface area contributed by atoms with E-state index in [1.807, 2.05) is 6.07 Å². The molecule has 1 rings (SSSR count). The van der Waals surface area contributed by atoms with Crippen molar-refractivity contribution in [2.45, 2.75) is 96.8 Å². The van der Waals surface area contributed by atoms with Crippen LogP contribution in [0.1, 0.15) is 96.0 Å². The first-order valence-corrected chi connectivity index (χ1v) is 11.2. The minimum absolute atomic E-state index is 0.888. The maximum Gasteiger partial charge on any atom is 0.122 e. The normalized spacial score (nSPS) is 11.2. The number of allylic oxidation sites excluding steroid dienone is 2. The molecule has 0 N–H and O–H groups in total. The van der Waals surface area contributed by atoms with Crippen LogP contribution in [-0.2, 0) is 6.42 Å². The second-order valence-corrected chi connectivity index (χ2v) is 7.56. The van der Waals surface area contributed by atoms with Gasteiger partial charge >= 0.3 is 0 Å². The van der Waals surface area contributed by atoms with E-state index in [9.17, 15) is 0 Å². The third-order valence-corrected chi connectivity index (χ3v) is 5.14. The van der Waals surface area contributed by atoms with Crippen molar-refractivity contribution in [1.82, 2.24) is 0 Å². The number of rotatable bonds is 17. The monoisotopic (exact) mass is 374 g/mol. The summed E-state index contributed by atoms with van der Waals surface area (Å²) in [6, 6.07) is 6.19. The van der Waals surface area contributed by atoms with Crippen molar-refractivity contribution in [3.8, 4) is 11.5 Å². The molecule has 0 spiro atoms. The molecule has 1 aromatic rings. The molecule has 0 aromatic heterocycles. The highest BCUT2D eigenvalue weighted by atomic mass is 16.5. The molecule has 0 radical (unpaired) electrons. The van der Waals surface area contributed by atoms with Gasteiger partial charge in [0.2, 0.25) is 0 Å². The van der Waals surface area contributed by atoms with Gasteiger partial charge in [-0.25, -0.2) is 0 Å². The van der Waals surface area contributed by atoms with Crippen LogP contribution in [0, 0.1) is 0 Å². The summed E-state index contributed by atoms with van der Waals surface area (Å²) < 4.78 is 10.7. The van der Waals surface area contributed by atoms with Gasteiger partial charge in [0.05, 0.1) is 14.2 Å². The van der Waals surface area contributed by atoms with Crippen LogP contribution >= 0.6 is 0 Å². The molecule has 0 atom stereocenters. The molecule has 0 amide bonds. The molecule has 0 unspecified atom stereocenters. The van der Waals surface area contributed by atoms with E-state index in [1.54, 1.807) is 14.2 Å². The molecule has 0 bridgehead atoms. The molecule has 27 heavy (non-hydrogen) atoms. The number of ether oxygens (including phenoxy) is 2. The molecule has 0 heterocycles. The summed E-state index contributed by atoms with van der Waals surface area (Å²) in [4.78, 5) is 0. The lowest BCUT2D eigenvalue weighted by molar-refractivity contribution is 0.393. The number of aryl methyl sites for hydroxylation is 1. The third-order valence-electron chi connectivity index (χ3n) is 5.14. The Morgan fingerprint density at radius 1 is 0.630 bits per heavy atom. The van der Waals surface area contributed by atoms with E-state index < -0.39 is 0 Å². The SMILES string of the molecule is CCCCCCC=CCCCCCCCCCc1cc(OC)cc(OC)c1. The lowest BCUT2D eigenvalue weighted by atomic mass is 10.0. The van der Waals surface area contributed by atoms with E-state index >= 15 is 0 Å². The second-order valence-electron chi connectivity index (χ2n) is 7.56. The number of unbranched alkanes of at least 4 members (excludes halogenated alkanes) is 11. The first-order chi connectivity index (χ1) is 13.3. The lowest BCUT2D eigenvalue weighted by Gasteiger charge is -2.08.